The highest BCUT2D eigenvalue weighted by Gasteiger charge is 2.51. The number of methoxy groups -OCH3 is 3. The van der Waals surface area contributed by atoms with Crippen molar-refractivity contribution in [3.8, 4) is 28.6 Å². The summed E-state index contributed by atoms with van der Waals surface area (Å²) in [6.45, 7) is 3.81. The van der Waals surface area contributed by atoms with Crippen LogP contribution in [-0.2, 0) is 20.4 Å². The largest absolute Gasteiger partial charge is 0.494 e. The molecule has 0 aliphatic rings. The van der Waals surface area contributed by atoms with Crippen LogP contribution in [0.3, 0.4) is 0 Å². The van der Waals surface area contributed by atoms with E-state index in [4.69, 9.17) is 14.2 Å². The summed E-state index contributed by atoms with van der Waals surface area (Å²) < 4.78 is 88.7. The normalized spacial score (nSPS) is 14.9. The van der Waals surface area contributed by atoms with E-state index in [0.29, 0.717) is 6.92 Å². The number of rotatable bonds is 11. The molecule has 4 aromatic rings. The third-order valence-electron chi connectivity index (χ3n) is 6.98. The highest BCUT2D eigenvalue weighted by atomic mass is 32.2. The van der Waals surface area contributed by atoms with E-state index in [0.717, 1.165) is 17.7 Å². The molecule has 44 heavy (non-hydrogen) atoms. The average molecular weight is 637 g/mol. The number of alkyl halides is 3. The minimum Gasteiger partial charge on any atom is -0.494 e. The molecule has 2 N–H and O–H groups in total. The van der Waals surface area contributed by atoms with Crippen molar-refractivity contribution in [3.63, 3.8) is 0 Å². The Balaban J connectivity index is 1.89. The second-order valence-corrected chi connectivity index (χ2v) is 12.0. The molecule has 2 unspecified atom stereocenters. The van der Waals surface area contributed by atoms with Gasteiger partial charge in [-0.2, -0.15) is 13.2 Å². The summed E-state index contributed by atoms with van der Waals surface area (Å²) in [5.41, 5.74) is -2.66. The number of benzene rings is 2. The fourth-order valence-electron chi connectivity index (χ4n) is 4.37. The van der Waals surface area contributed by atoms with Crippen LogP contribution in [0, 0.1) is 6.92 Å². The first-order valence-corrected chi connectivity index (χ1v) is 14.6. The molecule has 0 saturated heterocycles. The minimum atomic E-state index is -4.98. The van der Waals surface area contributed by atoms with Gasteiger partial charge in [0.25, 0.3) is 0 Å². The van der Waals surface area contributed by atoms with Crippen molar-refractivity contribution in [1.29, 1.82) is 0 Å². The van der Waals surface area contributed by atoms with Gasteiger partial charge in [0.05, 0.1) is 14.2 Å². The molecule has 0 amide bonds. The molecule has 0 fully saturated rings. The number of aryl methyl sites for hydroxylation is 1. The first-order chi connectivity index (χ1) is 20.7. The van der Waals surface area contributed by atoms with E-state index in [-0.39, 0.29) is 40.3 Å². The summed E-state index contributed by atoms with van der Waals surface area (Å²) in [6.07, 6.45) is -3.00. The number of anilines is 1. The summed E-state index contributed by atoms with van der Waals surface area (Å²) in [5.74, 6) is 0.142. The van der Waals surface area contributed by atoms with Gasteiger partial charge in [-0.3, -0.25) is 9.29 Å². The third kappa shape index (κ3) is 6.18. The van der Waals surface area contributed by atoms with Gasteiger partial charge in [0.1, 0.15) is 28.5 Å². The lowest BCUT2D eigenvalue weighted by atomic mass is 9.93. The van der Waals surface area contributed by atoms with E-state index in [1.165, 1.54) is 57.3 Å². The molecule has 0 bridgehead atoms. The standard InChI is InChI=1S/C28H31F3N6O6S/c1-16-14-32-24(33-15-16)23(43-6)17(2)44(39,40)36-26-35-34-25(37(26)22-20(41-4)11-8-12-21(22)42-5)18-9-7-10-19(13-18)27(3,38)28(29,30)31/h7-15,17,23,38H,1-6H3,(H,35,36)/t17?,23?,27-/m0/s1. The first kappa shape index (κ1) is 32.6. The second-order valence-electron chi connectivity index (χ2n) is 9.97. The van der Waals surface area contributed by atoms with Gasteiger partial charge in [0.15, 0.2) is 17.2 Å². The number of halogens is 3. The number of sulfonamides is 1. The Labute approximate surface area is 251 Å². The molecule has 2 aromatic heterocycles. The summed E-state index contributed by atoms with van der Waals surface area (Å²) in [7, 11) is -0.248. The van der Waals surface area contributed by atoms with Crippen LogP contribution >= 0.6 is 0 Å². The zero-order valence-corrected chi connectivity index (χ0v) is 25.4. The lowest BCUT2D eigenvalue weighted by Crippen LogP contribution is -2.39. The highest BCUT2D eigenvalue weighted by Crippen LogP contribution is 2.41. The van der Waals surface area contributed by atoms with Crippen molar-refractivity contribution in [2.45, 2.75) is 43.9 Å². The molecule has 0 radical (unpaired) electrons. The number of hydrogen-bond acceptors (Lipinski definition) is 10. The number of nitrogens with one attached hydrogen (secondary N) is 1. The Bertz CT molecular complexity index is 1710. The molecule has 236 valence electrons. The number of para-hydroxylation sites is 1. The molecule has 3 atom stereocenters. The summed E-state index contributed by atoms with van der Waals surface area (Å²) in [6, 6.07) is 9.72. The number of aliphatic hydroxyl groups is 1. The lowest BCUT2D eigenvalue weighted by Gasteiger charge is -2.27. The van der Waals surface area contributed by atoms with Crippen LogP contribution in [0.5, 0.6) is 11.5 Å². The molecule has 0 spiro atoms. The minimum absolute atomic E-state index is 0.0776. The third-order valence-corrected chi connectivity index (χ3v) is 8.68. The predicted molar refractivity (Wildman–Crippen MR) is 154 cm³/mol. The quantitative estimate of drug-likeness (QED) is 0.243. The van der Waals surface area contributed by atoms with Gasteiger partial charge in [0.2, 0.25) is 16.0 Å². The molecule has 16 heteroatoms. The first-order valence-electron chi connectivity index (χ1n) is 13.1. The van der Waals surface area contributed by atoms with Crippen LogP contribution in [0.1, 0.15) is 36.9 Å². The van der Waals surface area contributed by atoms with Gasteiger partial charge < -0.3 is 19.3 Å². The van der Waals surface area contributed by atoms with E-state index < -0.39 is 38.7 Å². The number of hydrogen-bond donors (Lipinski definition) is 2. The van der Waals surface area contributed by atoms with E-state index in [1.807, 2.05) is 0 Å². The smallest absolute Gasteiger partial charge is 0.421 e. The Morgan fingerprint density at radius 1 is 0.977 bits per heavy atom. The van der Waals surface area contributed by atoms with Gasteiger partial charge in [-0.25, -0.2) is 18.4 Å². The van der Waals surface area contributed by atoms with Crippen molar-refractivity contribution in [2.75, 3.05) is 26.1 Å². The number of nitrogens with zero attached hydrogens (tertiary/aromatic N) is 5. The lowest BCUT2D eigenvalue weighted by molar-refractivity contribution is -0.258. The fourth-order valence-corrected chi connectivity index (χ4v) is 5.50. The van der Waals surface area contributed by atoms with Crippen LogP contribution in [0.15, 0.2) is 54.9 Å². The van der Waals surface area contributed by atoms with Crippen LogP contribution in [0.25, 0.3) is 17.1 Å². The molecular formula is C28H31F3N6O6S. The Morgan fingerprint density at radius 3 is 2.11 bits per heavy atom. The Morgan fingerprint density at radius 2 is 1.57 bits per heavy atom. The van der Waals surface area contributed by atoms with Gasteiger partial charge in [0, 0.05) is 25.1 Å². The maximum atomic E-state index is 13.7. The Hall–Kier alpha value is -4.28. The second kappa shape index (κ2) is 12.4. The fraction of sp³-hybridized carbons (Fsp3) is 0.357. The predicted octanol–water partition coefficient (Wildman–Crippen LogP) is 4.34. The van der Waals surface area contributed by atoms with Crippen LogP contribution in [-0.4, -0.2) is 71.0 Å². The van der Waals surface area contributed by atoms with Crippen LogP contribution in [0.2, 0.25) is 0 Å². The summed E-state index contributed by atoms with van der Waals surface area (Å²) >= 11 is 0. The van der Waals surface area contributed by atoms with Gasteiger partial charge >= 0.3 is 6.18 Å². The molecule has 12 nitrogen and oxygen atoms in total. The van der Waals surface area contributed by atoms with Crippen molar-refractivity contribution in [1.82, 2.24) is 24.7 Å². The zero-order chi connectivity index (χ0) is 32.4. The van der Waals surface area contributed by atoms with Crippen LogP contribution < -0.4 is 14.2 Å². The monoisotopic (exact) mass is 636 g/mol. The SMILES string of the molecule is COc1cccc(OC)c1-n1c(NS(=O)(=O)C(C)C(OC)c2ncc(C)cn2)nnc1-c1cccc([C@](C)(O)C(F)(F)F)c1. The number of ether oxygens (including phenoxy) is 3. The average Bonchev–Trinajstić information content (AvgIpc) is 3.39. The van der Waals surface area contributed by atoms with E-state index >= 15 is 0 Å². The summed E-state index contributed by atoms with van der Waals surface area (Å²) in [4.78, 5) is 8.39. The van der Waals surface area contributed by atoms with E-state index in [9.17, 15) is 26.7 Å². The van der Waals surface area contributed by atoms with E-state index in [1.54, 1.807) is 25.1 Å². The van der Waals surface area contributed by atoms with Crippen molar-refractivity contribution in [2.24, 2.45) is 0 Å². The molecule has 0 aliphatic heterocycles. The molecule has 0 saturated carbocycles. The zero-order valence-electron chi connectivity index (χ0n) is 24.6. The number of aromatic nitrogens is 5. The topological polar surface area (TPSA) is 151 Å². The maximum Gasteiger partial charge on any atom is 0.421 e. The van der Waals surface area contributed by atoms with Crippen molar-refractivity contribution in [3.05, 3.63) is 71.8 Å². The Kier molecular flexibility index (Phi) is 9.18. The maximum absolute atomic E-state index is 13.7. The van der Waals surface area contributed by atoms with Crippen molar-refractivity contribution >= 4 is 16.0 Å². The molecule has 2 heterocycles. The van der Waals surface area contributed by atoms with Gasteiger partial charge in [-0.1, -0.05) is 24.3 Å². The van der Waals surface area contributed by atoms with Crippen molar-refractivity contribution < 1.29 is 40.9 Å². The summed E-state index contributed by atoms with van der Waals surface area (Å²) in [5, 5.41) is 17.3. The van der Waals surface area contributed by atoms with E-state index in [2.05, 4.69) is 24.9 Å². The van der Waals surface area contributed by atoms with Gasteiger partial charge in [-0.15, -0.1) is 10.2 Å². The highest BCUT2D eigenvalue weighted by molar-refractivity contribution is 7.93. The van der Waals surface area contributed by atoms with Gasteiger partial charge in [-0.05, 0) is 50.1 Å². The molecule has 2 aromatic carbocycles. The van der Waals surface area contributed by atoms with Crippen LogP contribution in [0.4, 0.5) is 19.1 Å². The molecule has 4 rings (SSSR count). The molecular weight excluding hydrogens is 605 g/mol. The molecule has 0 aliphatic carbocycles.